The first kappa shape index (κ1) is 11.4. The van der Waals surface area contributed by atoms with E-state index in [0.717, 1.165) is 5.69 Å². The van der Waals surface area contributed by atoms with Crippen LogP contribution in [0.2, 0.25) is 0 Å². The van der Waals surface area contributed by atoms with Gasteiger partial charge in [0.05, 0.1) is 12.2 Å². The molecule has 0 spiro atoms. The monoisotopic (exact) mass is 246 g/mol. The fourth-order valence-corrected chi connectivity index (χ4v) is 1.87. The van der Waals surface area contributed by atoms with E-state index in [9.17, 15) is 4.79 Å². The van der Waals surface area contributed by atoms with Crippen LogP contribution in [0.4, 0.5) is 0 Å². The number of terminal acetylenes is 1. The summed E-state index contributed by atoms with van der Waals surface area (Å²) in [5.74, 6) is 2.15. The minimum Gasteiger partial charge on any atom is -0.345 e. The van der Waals surface area contributed by atoms with Crippen LogP contribution in [0.5, 0.6) is 0 Å². The van der Waals surface area contributed by atoms with E-state index in [1.54, 1.807) is 10.1 Å². The largest absolute Gasteiger partial charge is 0.345 e. The molecule has 2 heterocycles. The average molecular weight is 246 g/mol. The summed E-state index contributed by atoms with van der Waals surface area (Å²) in [5.41, 5.74) is 1.15. The molecule has 5 nitrogen and oxygen atoms in total. The van der Waals surface area contributed by atoms with Gasteiger partial charge in [-0.25, -0.2) is 4.98 Å². The fraction of sp³-hybridized carbons (Fsp3) is 0.182. The van der Waals surface area contributed by atoms with E-state index in [1.807, 2.05) is 19.3 Å². The SMILES string of the molecule is C#Cc1nc(C(=O)NCc2ccn(C)n2)cs1. The van der Waals surface area contributed by atoms with Crippen LogP contribution in [0, 0.1) is 12.3 Å². The van der Waals surface area contributed by atoms with E-state index in [0.29, 0.717) is 17.2 Å². The summed E-state index contributed by atoms with van der Waals surface area (Å²) in [6.45, 7) is 0.378. The highest BCUT2D eigenvalue weighted by Gasteiger charge is 2.09. The number of carbonyl (C=O) groups excluding carboxylic acids is 1. The maximum Gasteiger partial charge on any atom is 0.271 e. The molecule has 0 aliphatic rings. The molecule has 2 aromatic heterocycles. The Balaban J connectivity index is 1.96. The first-order valence-electron chi connectivity index (χ1n) is 4.88. The average Bonchev–Trinajstić information content (AvgIpc) is 2.94. The number of aryl methyl sites for hydroxylation is 1. The minimum atomic E-state index is -0.242. The van der Waals surface area contributed by atoms with Crippen LogP contribution < -0.4 is 5.32 Å². The van der Waals surface area contributed by atoms with Gasteiger partial charge in [-0.3, -0.25) is 9.48 Å². The lowest BCUT2D eigenvalue weighted by Gasteiger charge is -1.99. The number of nitrogens with one attached hydrogen (secondary N) is 1. The topological polar surface area (TPSA) is 59.8 Å². The van der Waals surface area contributed by atoms with Crippen LogP contribution in [-0.4, -0.2) is 20.7 Å². The van der Waals surface area contributed by atoms with Crippen LogP contribution in [0.3, 0.4) is 0 Å². The van der Waals surface area contributed by atoms with Crippen molar-refractivity contribution in [2.45, 2.75) is 6.54 Å². The summed E-state index contributed by atoms with van der Waals surface area (Å²) < 4.78 is 1.68. The lowest BCUT2D eigenvalue weighted by atomic mass is 10.4. The molecular formula is C11H10N4OS. The Morgan fingerprint density at radius 3 is 3.12 bits per heavy atom. The van der Waals surface area contributed by atoms with Crippen molar-refractivity contribution in [1.29, 1.82) is 0 Å². The Morgan fingerprint density at radius 2 is 2.53 bits per heavy atom. The Morgan fingerprint density at radius 1 is 1.71 bits per heavy atom. The molecule has 0 saturated carbocycles. The van der Waals surface area contributed by atoms with Crippen LogP contribution in [-0.2, 0) is 13.6 Å². The van der Waals surface area contributed by atoms with Crippen LogP contribution in [0.1, 0.15) is 21.2 Å². The molecule has 0 aliphatic heterocycles. The number of hydrogen-bond donors (Lipinski definition) is 1. The molecule has 0 fully saturated rings. The zero-order valence-electron chi connectivity index (χ0n) is 9.17. The van der Waals surface area contributed by atoms with Crippen LogP contribution in [0.15, 0.2) is 17.6 Å². The van der Waals surface area contributed by atoms with Crippen molar-refractivity contribution in [1.82, 2.24) is 20.1 Å². The highest BCUT2D eigenvalue weighted by atomic mass is 32.1. The van der Waals surface area contributed by atoms with E-state index in [1.165, 1.54) is 11.3 Å². The number of hydrogen-bond acceptors (Lipinski definition) is 4. The fourth-order valence-electron chi connectivity index (χ4n) is 1.26. The molecule has 1 N–H and O–H groups in total. The summed E-state index contributed by atoms with van der Waals surface area (Å²) in [7, 11) is 1.82. The molecular weight excluding hydrogens is 236 g/mol. The molecule has 0 aliphatic carbocycles. The molecule has 0 unspecified atom stereocenters. The molecule has 0 aromatic carbocycles. The molecule has 0 bridgehead atoms. The van der Waals surface area contributed by atoms with Crippen LogP contribution in [0.25, 0.3) is 0 Å². The second-order valence-corrected chi connectivity index (χ2v) is 4.20. The van der Waals surface area contributed by atoms with Crippen molar-refractivity contribution in [2.75, 3.05) is 0 Å². The predicted octanol–water partition coefficient (Wildman–Crippen LogP) is 0.788. The lowest BCUT2D eigenvalue weighted by Crippen LogP contribution is -2.23. The number of nitrogens with zero attached hydrogens (tertiary/aromatic N) is 3. The third kappa shape index (κ3) is 2.71. The van der Waals surface area contributed by atoms with Gasteiger partial charge in [-0.1, -0.05) is 0 Å². The van der Waals surface area contributed by atoms with Gasteiger partial charge in [0.1, 0.15) is 5.69 Å². The Hall–Kier alpha value is -2.13. The van der Waals surface area contributed by atoms with Gasteiger partial charge in [-0.2, -0.15) is 5.10 Å². The predicted molar refractivity (Wildman–Crippen MR) is 64.4 cm³/mol. The second kappa shape index (κ2) is 4.80. The molecule has 86 valence electrons. The number of carbonyl (C=O) groups is 1. The summed E-state index contributed by atoms with van der Waals surface area (Å²) in [6.07, 6.45) is 7.00. The summed E-state index contributed by atoms with van der Waals surface area (Å²) in [6, 6.07) is 1.84. The van der Waals surface area contributed by atoms with Crippen molar-refractivity contribution < 1.29 is 4.79 Å². The van der Waals surface area contributed by atoms with Gasteiger partial charge in [0.2, 0.25) is 0 Å². The van der Waals surface area contributed by atoms with Gasteiger partial charge in [-0.15, -0.1) is 17.8 Å². The maximum atomic E-state index is 11.7. The molecule has 6 heteroatoms. The lowest BCUT2D eigenvalue weighted by molar-refractivity contribution is 0.0946. The first-order chi connectivity index (χ1) is 8.19. The third-order valence-electron chi connectivity index (χ3n) is 2.06. The van der Waals surface area contributed by atoms with Crippen molar-refractivity contribution >= 4 is 17.2 Å². The van der Waals surface area contributed by atoms with Gasteiger partial charge in [0.25, 0.3) is 5.91 Å². The zero-order chi connectivity index (χ0) is 12.3. The molecule has 2 rings (SSSR count). The van der Waals surface area contributed by atoms with E-state index in [4.69, 9.17) is 6.42 Å². The molecule has 17 heavy (non-hydrogen) atoms. The first-order valence-corrected chi connectivity index (χ1v) is 5.76. The quantitative estimate of drug-likeness (QED) is 0.814. The number of amides is 1. The number of aromatic nitrogens is 3. The van der Waals surface area contributed by atoms with Crippen LogP contribution >= 0.6 is 11.3 Å². The van der Waals surface area contributed by atoms with E-state index in [-0.39, 0.29) is 5.91 Å². The Labute approximate surface area is 102 Å². The highest BCUT2D eigenvalue weighted by Crippen LogP contribution is 2.08. The van der Waals surface area contributed by atoms with Gasteiger partial charge >= 0.3 is 0 Å². The van der Waals surface area contributed by atoms with Crippen molar-refractivity contribution in [3.8, 4) is 12.3 Å². The second-order valence-electron chi connectivity index (χ2n) is 3.35. The normalized spacial score (nSPS) is 9.88. The van der Waals surface area contributed by atoms with Crippen molar-refractivity contribution in [3.05, 3.63) is 34.0 Å². The smallest absolute Gasteiger partial charge is 0.271 e. The highest BCUT2D eigenvalue weighted by molar-refractivity contribution is 7.10. The van der Waals surface area contributed by atoms with Gasteiger partial charge in [0, 0.05) is 18.6 Å². The standard InChI is InChI=1S/C11H10N4OS/c1-3-10-13-9(7-17-10)11(16)12-6-8-4-5-15(2)14-8/h1,4-5,7H,6H2,2H3,(H,12,16). The molecule has 0 saturated heterocycles. The zero-order valence-corrected chi connectivity index (χ0v) is 9.99. The molecule has 0 radical (unpaired) electrons. The number of rotatable bonds is 3. The van der Waals surface area contributed by atoms with Gasteiger partial charge in [-0.05, 0) is 12.0 Å². The van der Waals surface area contributed by atoms with Crippen molar-refractivity contribution in [2.24, 2.45) is 7.05 Å². The molecule has 1 amide bonds. The summed E-state index contributed by atoms with van der Waals surface area (Å²) >= 11 is 1.28. The molecule has 2 aromatic rings. The maximum absolute atomic E-state index is 11.7. The summed E-state index contributed by atoms with van der Waals surface area (Å²) in [4.78, 5) is 15.7. The van der Waals surface area contributed by atoms with E-state index >= 15 is 0 Å². The summed E-state index contributed by atoms with van der Waals surface area (Å²) in [5, 5.41) is 9.03. The van der Waals surface area contributed by atoms with E-state index in [2.05, 4.69) is 21.3 Å². The van der Waals surface area contributed by atoms with Gasteiger partial charge < -0.3 is 5.32 Å². The van der Waals surface area contributed by atoms with Crippen molar-refractivity contribution in [3.63, 3.8) is 0 Å². The Bertz CT molecular complexity index is 578. The third-order valence-corrected chi connectivity index (χ3v) is 2.83. The molecule has 0 atom stereocenters. The Kier molecular flexibility index (Phi) is 3.21. The van der Waals surface area contributed by atoms with E-state index < -0.39 is 0 Å². The van der Waals surface area contributed by atoms with Gasteiger partial charge in [0.15, 0.2) is 5.01 Å². The minimum absolute atomic E-state index is 0.242. The number of thiazole rings is 1.